The molecule has 1 amide bonds. The normalized spacial score (nSPS) is 11.4. The Morgan fingerprint density at radius 3 is 2.73 bits per heavy atom. The van der Waals surface area contributed by atoms with Crippen molar-refractivity contribution in [3.05, 3.63) is 24.2 Å². The number of amides is 1. The van der Waals surface area contributed by atoms with Crippen molar-refractivity contribution in [2.24, 2.45) is 5.41 Å². The first kappa shape index (κ1) is 11.8. The molecule has 1 heterocycles. The van der Waals surface area contributed by atoms with E-state index in [0.29, 0.717) is 12.3 Å². The van der Waals surface area contributed by atoms with E-state index in [9.17, 15) is 4.79 Å². The van der Waals surface area contributed by atoms with Crippen molar-refractivity contribution in [2.75, 3.05) is 20.1 Å². The summed E-state index contributed by atoms with van der Waals surface area (Å²) in [4.78, 5) is 11.5. The molecule has 1 rings (SSSR count). The van der Waals surface area contributed by atoms with Crippen LogP contribution in [0, 0.1) is 5.41 Å². The standard InChI is InChI=1S/C11H18N2O2/c1-11(2,7-12-3)8-13-10(14)9-5-4-6-15-9/h4-6,12H,7-8H2,1-3H3,(H,13,14). The minimum absolute atomic E-state index is 0.0387. The van der Waals surface area contributed by atoms with E-state index in [1.54, 1.807) is 12.1 Å². The zero-order valence-corrected chi connectivity index (χ0v) is 9.46. The monoisotopic (exact) mass is 210 g/mol. The van der Waals surface area contributed by atoms with Gasteiger partial charge in [-0.1, -0.05) is 13.8 Å². The molecule has 0 saturated heterocycles. The number of nitrogens with one attached hydrogen (secondary N) is 2. The number of hydrogen-bond donors (Lipinski definition) is 2. The second-order valence-electron chi connectivity index (χ2n) is 4.35. The second kappa shape index (κ2) is 4.98. The van der Waals surface area contributed by atoms with Gasteiger partial charge in [0.1, 0.15) is 0 Å². The summed E-state index contributed by atoms with van der Waals surface area (Å²) in [5.74, 6) is 0.194. The molecule has 0 fully saturated rings. The van der Waals surface area contributed by atoms with Crippen molar-refractivity contribution in [2.45, 2.75) is 13.8 Å². The first-order valence-corrected chi connectivity index (χ1v) is 5.01. The topological polar surface area (TPSA) is 54.3 Å². The molecule has 84 valence electrons. The molecule has 0 aliphatic heterocycles. The highest BCUT2D eigenvalue weighted by Gasteiger charge is 2.18. The summed E-state index contributed by atoms with van der Waals surface area (Å²) in [5.41, 5.74) is 0.0387. The molecule has 0 atom stereocenters. The van der Waals surface area contributed by atoms with E-state index in [0.717, 1.165) is 6.54 Å². The predicted octanol–water partition coefficient (Wildman–Crippen LogP) is 1.25. The molecule has 0 aliphatic carbocycles. The molecule has 0 unspecified atom stereocenters. The van der Waals surface area contributed by atoms with Crippen molar-refractivity contribution < 1.29 is 9.21 Å². The largest absolute Gasteiger partial charge is 0.459 e. The van der Waals surface area contributed by atoms with Crippen LogP contribution in [0.1, 0.15) is 24.4 Å². The quantitative estimate of drug-likeness (QED) is 0.769. The minimum Gasteiger partial charge on any atom is -0.459 e. The van der Waals surface area contributed by atoms with Crippen LogP contribution in [0.4, 0.5) is 0 Å². The van der Waals surface area contributed by atoms with Crippen molar-refractivity contribution in [1.29, 1.82) is 0 Å². The van der Waals surface area contributed by atoms with Crippen LogP contribution < -0.4 is 10.6 Å². The van der Waals surface area contributed by atoms with E-state index in [4.69, 9.17) is 4.42 Å². The predicted molar refractivity (Wildman–Crippen MR) is 58.7 cm³/mol. The van der Waals surface area contributed by atoms with Crippen molar-refractivity contribution in [1.82, 2.24) is 10.6 Å². The maximum absolute atomic E-state index is 11.5. The highest BCUT2D eigenvalue weighted by atomic mass is 16.3. The smallest absolute Gasteiger partial charge is 0.286 e. The van der Waals surface area contributed by atoms with Crippen LogP contribution in [0.25, 0.3) is 0 Å². The third kappa shape index (κ3) is 3.75. The lowest BCUT2D eigenvalue weighted by Gasteiger charge is -2.24. The summed E-state index contributed by atoms with van der Waals surface area (Å²) >= 11 is 0. The molecule has 2 N–H and O–H groups in total. The van der Waals surface area contributed by atoms with Gasteiger partial charge in [0, 0.05) is 13.1 Å². The van der Waals surface area contributed by atoms with Gasteiger partial charge in [-0.25, -0.2) is 0 Å². The van der Waals surface area contributed by atoms with Crippen LogP contribution in [-0.4, -0.2) is 26.0 Å². The van der Waals surface area contributed by atoms with Gasteiger partial charge in [-0.3, -0.25) is 4.79 Å². The summed E-state index contributed by atoms with van der Waals surface area (Å²) in [6, 6.07) is 3.36. The second-order valence-corrected chi connectivity index (χ2v) is 4.35. The Hall–Kier alpha value is -1.29. The molecule has 15 heavy (non-hydrogen) atoms. The van der Waals surface area contributed by atoms with E-state index >= 15 is 0 Å². The fourth-order valence-corrected chi connectivity index (χ4v) is 1.36. The van der Waals surface area contributed by atoms with Crippen LogP contribution in [0.3, 0.4) is 0 Å². The molecule has 4 heteroatoms. The molecule has 1 aromatic heterocycles. The third-order valence-corrected chi connectivity index (χ3v) is 2.13. The van der Waals surface area contributed by atoms with Gasteiger partial charge >= 0.3 is 0 Å². The molecule has 0 spiro atoms. The van der Waals surface area contributed by atoms with Gasteiger partial charge in [0.15, 0.2) is 5.76 Å². The summed E-state index contributed by atoms with van der Waals surface area (Å²) < 4.78 is 4.99. The van der Waals surface area contributed by atoms with Crippen LogP contribution >= 0.6 is 0 Å². The number of rotatable bonds is 5. The van der Waals surface area contributed by atoms with E-state index < -0.39 is 0 Å². The highest BCUT2D eigenvalue weighted by Crippen LogP contribution is 2.11. The number of furan rings is 1. The molecule has 0 aliphatic rings. The Morgan fingerprint density at radius 2 is 2.20 bits per heavy atom. The molecular weight excluding hydrogens is 192 g/mol. The van der Waals surface area contributed by atoms with E-state index in [2.05, 4.69) is 24.5 Å². The summed E-state index contributed by atoms with van der Waals surface area (Å²) in [7, 11) is 1.90. The molecule has 0 bridgehead atoms. The Balaban J connectivity index is 2.40. The number of carbonyl (C=O) groups excluding carboxylic acids is 1. The van der Waals surface area contributed by atoms with Gasteiger partial charge in [-0.05, 0) is 24.6 Å². The summed E-state index contributed by atoms with van der Waals surface area (Å²) in [5, 5.41) is 5.93. The Labute approximate surface area is 90.0 Å². The lowest BCUT2D eigenvalue weighted by Crippen LogP contribution is -2.39. The molecule has 4 nitrogen and oxygen atoms in total. The fraction of sp³-hybridized carbons (Fsp3) is 0.545. The third-order valence-electron chi connectivity index (χ3n) is 2.13. The number of carbonyl (C=O) groups is 1. The van der Waals surface area contributed by atoms with Crippen molar-refractivity contribution in [3.8, 4) is 0 Å². The van der Waals surface area contributed by atoms with Crippen LogP contribution in [-0.2, 0) is 0 Å². The lowest BCUT2D eigenvalue weighted by atomic mass is 9.93. The average molecular weight is 210 g/mol. The first-order valence-electron chi connectivity index (χ1n) is 5.01. The fourth-order valence-electron chi connectivity index (χ4n) is 1.36. The lowest BCUT2D eigenvalue weighted by molar-refractivity contribution is 0.0909. The van der Waals surface area contributed by atoms with E-state index in [-0.39, 0.29) is 11.3 Å². The zero-order valence-electron chi connectivity index (χ0n) is 9.46. The summed E-state index contributed by atoms with van der Waals surface area (Å²) in [6.45, 7) is 5.65. The molecule has 0 saturated carbocycles. The van der Waals surface area contributed by atoms with Crippen molar-refractivity contribution >= 4 is 5.91 Å². The van der Waals surface area contributed by atoms with E-state index in [1.807, 2.05) is 7.05 Å². The van der Waals surface area contributed by atoms with E-state index in [1.165, 1.54) is 6.26 Å². The zero-order chi connectivity index (χ0) is 11.3. The highest BCUT2D eigenvalue weighted by molar-refractivity contribution is 5.91. The number of hydrogen-bond acceptors (Lipinski definition) is 3. The van der Waals surface area contributed by atoms with Gasteiger partial charge in [0.2, 0.25) is 0 Å². The average Bonchev–Trinajstić information content (AvgIpc) is 2.67. The van der Waals surface area contributed by atoms with Crippen LogP contribution in [0.5, 0.6) is 0 Å². The van der Waals surface area contributed by atoms with Gasteiger partial charge in [-0.15, -0.1) is 0 Å². The minimum atomic E-state index is -0.163. The van der Waals surface area contributed by atoms with Crippen LogP contribution in [0.2, 0.25) is 0 Å². The van der Waals surface area contributed by atoms with Crippen molar-refractivity contribution in [3.63, 3.8) is 0 Å². The van der Waals surface area contributed by atoms with Gasteiger partial charge < -0.3 is 15.1 Å². The van der Waals surface area contributed by atoms with Gasteiger partial charge in [0.05, 0.1) is 6.26 Å². The van der Waals surface area contributed by atoms with Gasteiger partial charge in [-0.2, -0.15) is 0 Å². The summed E-state index contributed by atoms with van der Waals surface area (Å²) in [6.07, 6.45) is 1.49. The SMILES string of the molecule is CNCC(C)(C)CNC(=O)c1ccco1. The Kier molecular flexibility index (Phi) is 3.91. The molecule has 1 aromatic rings. The molecule has 0 radical (unpaired) electrons. The first-order chi connectivity index (χ1) is 7.05. The molecule has 0 aromatic carbocycles. The molecular formula is C11H18N2O2. The maximum atomic E-state index is 11.5. The Bertz CT molecular complexity index is 304. The van der Waals surface area contributed by atoms with Crippen LogP contribution in [0.15, 0.2) is 22.8 Å². The Morgan fingerprint density at radius 1 is 1.47 bits per heavy atom. The van der Waals surface area contributed by atoms with Gasteiger partial charge in [0.25, 0.3) is 5.91 Å². The maximum Gasteiger partial charge on any atom is 0.286 e.